The van der Waals surface area contributed by atoms with E-state index in [1.807, 2.05) is 23.6 Å². The third kappa shape index (κ3) is 3.12. The van der Waals surface area contributed by atoms with Crippen LogP contribution >= 0.6 is 11.3 Å². The fourth-order valence-corrected chi connectivity index (χ4v) is 3.31. The number of hydrogen-bond donors (Lipinski definition) is 1. The molecule has 4 aromatic rings. The first kappa shape index (κ1) is 16.2. The number of carbonyl (C=O) groups excluding carboxylic acids is 1. The van der Waals surface area contributed by atoms with Crippen LogP contribution in [-0.2, 0) is 7.05 Å². The molecule has 0 saturated carbocycles. The molecule has 6 nitrogen and oxygen atoms in total. The van der Waals surface area contributed by atoms with E-state index in [4.69, 9.17) is 0 Å². The Kier molecular flexibility index (Phi) is 4.06. The summed E-state index contributed by atoms with van der Waals surface area (Å²) >= 11 is 1.34. The minimum atomic E-state index is -0.403. The van der Waals surface area contributed by atoms with Crippen LogP contribution < -0.4 is 10.9 Å². The Morgan fingerprint density at radius 2 is 1.88 bits per heavy atom. The molecular formula is C19H14N4O2S. The highest BCUT2D eigenvalue weighted by Crippen LogP contribution is 2.27. The summed E-state index contributed by atoms with van der Waals surface area (Å²) in [6, 6.07) is 17.0. The van der Waals surface area contributed by atoms with Crippen LogP contribution in [0.4, 0.5) is 5.13 Å². The van der Waals surface area contributed by atoms with Gasteiger partial charge in [0.15, 0.2) is 5.13 Å². The van der Waals surface area contributed by atoms with Crippen LogP contribution in [0.15, 0.2) is 64.8 Å². The molecule has 0 aliphatic carbocycles. The molecule has 2 heterocycles. The van der Waals surface area contributed by atoms with E-state index in [9.17, 15) is 9.59 Å². The second kappa shape index (κ2) is 6.53. The van der Waals surface area contributed by atoms with Gasteiger partial charge in [-0.25, -0.2) is 9.67 Å². The number of nitrogens with zero attached hydrogens (tertiary/aromatic N) is 3. The number of aromatic nitrogens is 3. The van der Waals surface area contributed by atoms with Crippen molar-refractivity contribution in [2.24, 2.45) is 7.05 Å². The Labute approximate surface area is 152 Å². The lowest BCUT2D eigenvalue weighted by Gasteiger charge is -2.03. The summed E-state index contributed by atoms with van der Waals surface area (Å²) in [6.07, 6.45) is 0. The lowest BCUT2D eigenvalue weighted by molar-refractivity contribution is 0.102. The van der Waals surface area contributed by atoms with Crippen molar-refractivity contribution in [3.8, 4) is 11.3 Å². The third-order valence-electron chi connectivity index (χ3n) is 3.96. The lowest BCUT2D eigenvalue weighted by atomic mass is 10.1. The summed E-state index contributed by atoms with van der Waals surface area (Å²) in [4.78, 5) is 28.1. The number of thiazole rings is 1. The molecule has 0 aliphatic rings. The van der Waals surface area contributed by atoms with Crippen molar-refractivity contribution in [1.29, 1.82) is 0 Å². The van der Waals surface area contributed by atoms with Crippen molar-refractivity contribution in [2.75, 3.05) is 5.32 Å². The zero-order chi connectivity index (χ0) is 18.1. The van der Waals surface area contributed by atoms with E-state index in [0.717, 1.165) is 21.3 Å². The van der Waals surface area contributed by atoms with E-state index in [1.165, 1.54) is 35.9 Å². The predicted octanol–water partition coefficient (Wildman–Crippen LogP) is 3.31. The normalized spacial score (nSPS) is 10.8. The van der Waals surface area contributed by atoms with E-state index in [-0.39, 0.29) is 11.3 Å². The van der Waals surface area contributed by atoms with Crippen molar-refractivity contribution in [1.82, 2.24) is 14.8 Å². The summed E-state index contributed by atoms with van der Waals surface area (Å²) in [5, 5.41) is 11.3. The number of amides is 1. The van der Waals surface area contributed by atoms with E-state index in [1.54, 1.807) is 0 Å². The van der Waals surface area contributed by atoms with E-state index < -0.39 is 5.91 Å². The first-order chi connectivity index (χ1) is 12.6. The van der Waals surface area contributed by atoms with Crippen LogP contribution in [0.1, 0.15) is 10.5 Å². The molecular weight excluding hydrogens is 348 g/mol. The molecule has 0 saturated heterocycles. The number of carbonyl (C=O) groups is 1. The Balaban J connectivity index is 1.58. The van der Waals surface area contributed by atoms with Crippen LogP contribution in [0.3, 0.4) is 0 Å². The molecule has 4 rings (SSSR count). The van der Waals surface area contributed by atoms with E-state index >= 15 is 0 Å². The zero-order valence-electron chi connectivity index (χ0n) is 13.8. The number of fused-ring (bicyclic) bond motifs is 1. The average molecular weight is 362 g/mol. The van der Waals surface area contributed by atoms with Crippen molar-refractivity contribution in [3.63, 3.8) is 0 Å². The fourth-order valence-electron chi connectivity index (χ4n) is 2.60. The number of benzene rings is 2. The Hall–Kier alpha value is -3.32. The average Bonchev–Trinajstić information content (AvgIpc) is 3.12. The number of aryl methyl sites for hydroxylation is 1. The van der Waals surface area contributed by atoms with Crippen LogP contribution in [0.2, 0.25) is 0 Å². The van der Waals surface area contributed by atoms with Gasteiger partial charge in [0.25, 0.3) is 11.5 Å². The first-order valence-electron chi connectivity index (χ1n) is 7.90. The Bertz CT molecular complexity index is 1180. The third-order valence-corrected chi connectivity index (χ3v) is 4.72. The SMILES string of the molecule is Cn1nc(C(=O)Nc2nc(-c3ccc4ccccc4c3)cs2)ccc1=O. The molecule has 1 amide bonds. The zero-order valence-corrected chi connectivity index (χ0v) is 14.7. The van der Waals surface area contributed by atoms with Crippen LogP contribution in [0.25, 0.3) is 22.0 Å². The summed E-state index contributed by atoms with van der Waals surface area (Å²) < 4.78 is 1.12. The van der Waals surface area contributed by atoms with Crippen molar-refractivity contribution >= 4 is 33.1 Å². The molecule has 2 aromatic heterocycles. The number of anilines is 1. The van der Waals surface area contributed by atoms with Crippen molar-refractivity contribution < 1.29 is 4.79 Å². The molecule has 0 bridgehead atoms. The standard InChI is InChI=1S/C19H14N4O2S/c1-23-17(24)9-8-15(22-23)18(25)21-19-20-16(11-26-19)14-7-6-12-4-2-3-5-13(12)10-14/h2-11H,1H3,(H,20,21,25). The predicted molar refractivity (Wildman–Crippen MR) is 102 cm³/mol. The Morgan fingerprint density at radius 1 is 1.08 bits per heavy atom. The van der Waals surface area contributed by atoms with Gasteiger partial charge in [-0.1, -0.05) is 36.4 Å². The number of hydrogen-bond acceptors (Lipinski definition) is 5. The monoisotopic (exact) mass is 362 g/mol. The van der Waals surface area contributed by atoms with E-state index in [0.29, 0.717) is 5.13 Å². The molecule has 128 valence electrons. The summed E-state index contributed by atoms with van der Waals surface area (Å²) in [5.41, 5.74) is 1.68. The van der Waals surface area contributed by atoms with Gasteiger partial charge in [-0.15, -0.1) is 11.3 Å². The second-order valence-electron chi connectivity index (χ2n) is 5.73. The highest BCUT2D eigenvalue weighted by Gasteiger charge is 2.12. The second-order valence-corrected chi connectivity index (χ2v) is 6.59. The van der Waals surface area contributed by atoms with Gasteiger partial charge >= 0.3 is 0 Å². The summed E-state index contributed by atoms with van der Waals surface area (Å²) in [5.74, 6) is -0.403. The molecule has 7 heteroatoms. The smallest absolute Gasteiger partial charge is 0.277 e. The maximum absolute atomic E-state index is 12.3. The fraction of sp³-hybridized carbons (Fsp3) is 0.0526. The maximum Gasteiger partial charge on any atom is 0.277 e. The van der Waals surface area contributed by atoms with Gasteiger partial charge in [0.05, 0.1) is 5.69 Å². The van der Waals surface area contributed by atoms with Gasteiger partial charge in [-0.05, 0) is 22.9 Å². The van der Waals surface area contributed by atoms with Crippen LogP contribution in [0.5, 0.6) is 0 Å². The number of nitrogens with one attached hydrogen (secondary N) is 1. The van der Waals surface area contributed by atoms with Gasteiger partial charge < -0.3 is 0 Å². The minimum Gasteiger partial charge on any atom is -0.296 e. The quantitative estimate of drug-likeness (QED) is 0.607. The van der Waals surface area contributed by atoms with Gasteiger partial charge in [0.1, 0.15) is 5.69 Å². The van der Waals surface area contributed by atoms with Crippen molar-refractivity contribution in [2.45, 2.75) is 0 Å². The van der Waals surface area contributed by atoms with E-state index in [2.05, 4.69) is 39.7 Å². The molecule has 0 fully saturated rings. The van der Waals surface area contributed by atoms with Crippen molar-refractivity contribution in [3.05, 3.63) is 76.0 Å². The Morgan fingerprint density at radius 3 is 2.69 bits per heavy atom. The summed E-state index contributed by atoms with van der Waals surface area (Å²) in [6.45, 7) is 0. The maximum atomic E-state index is 12.3. The lowest BCUT2D eigenvalue weighted by Crippen LogP contribution is -2.23. The highest BCUT2D eigenvalue weighted by atomic mass is 32.1. The molecule has 0 spiro atoms. The molecule has 26 heavy (non-hydrogen) atoms. The number of rotatable bonds is 3. The summed E-state index contributed by atoms with van der Waals surface area (Å²) in [7, 11) is 1.50. The first-order valence-corrected chi connectivity index (χ1v) is 8.78. The molecule has 0 aliphatic heterocycles. The molecule has 0 atom stereocenters. The minimum absolute atomic E-state index is 0.162. The molecule has 0 radical (unpaired) electrons. The molecule has 2 aromatic carbocycles. The van der Waals surface area contributed by atoms with Gasteiger partial charge in [0, 0.05) is 24.1 Å². The van der Waals surface area contributed by atoms with Crippen LogP contribution in [0, 0.1) is 0 Å². The molecule has 1 N–H and O–H groups in total. The molecule has 0 unspecified atom stereocenters. The highest BCUT2D eigenvalue weighted by molar-refractivity contribution is 7.14. The topological polar surface area (TPSA) is 76.9 Å². The van der Waals surface area contributed by atoms with Gasteiger partial charge in [0.2, 0.25) is 0 Å². The van der Waals surface area contributed by atoms with Gasteiger partial charge in [-0.2, -0.15) is 5.10 Å². The largest absolute Gasteiger partial charge is 0.296 e. The van der Waals surface area contributed by atoms with Gasteiger partial charge in [-0.3, -0.25) is 14.9 Å². The van der Waals surface area contributed by atoms with Crippen LogP contribution in [-0.4, -0.2) is 20.7 Å².